The Balaban J connectivity index is 2.03. The Morgan fingerprint density at radius 1 is 1.37 bits per heavy atom. The van der Waals surface area contributed by atoms with Crippen LogP contribution in [0.25, 0.3) is 0 Å². The van der Waals surface area contributed by atoms with Crippen LogP contribution < -0.4 is 0 Å². The molecule has 2 rings (SSSR count). The van der Waals surface area contributed by atoms with Crippen molar-refractivity contribution in [3.05, 3.63) is 63.1 Å². The van der Waals surface area contributed by atoms with Gasteiger partial charge in [-0.05, 0) is 40.2 Å². The van der Waals surface area contributed by atoms with Gasteiger partial charge < -0.3 is 4.74 Å². The number of benzene rings is 1. The molecule has 0 atom stereocenters. The van der Waals surface area contributed by atoms with Crippen LogP contribution >= 0.6 is 27.5 Å². The van der Waals surface area contributed by atoms with E-state index >= 15 is 0 Å². The molecule has 6 heteroatoms. The van der Waals surface area contributed by atoms with E-state index < -0.39 is 11.8 Å². The molecule has 98 valence electrons. The maximum atomic E-state index is 12.9. The van der Waals surface area contributed by atoms with Gasteiger partial charge >= 0.3 is 5.97 Å². The zero-order chi connectivity index (χ0) is 13.8. The molecule has 0 aliphatic rings. The van der Waals surface area contributed by atoms with Gasteiger partial charge in [-0.3, -0.25) is 0 Å². The largest absolute Gasteiger partial charge is 0.457 e. The number of ether oxygens (including phenoxy) is 1. The molecule has 0 bridgehead atoms. The molecule has 1 aromatic heterocycles. The molecule has 0 aliphatic carbocycles. The lowest BCUT2D eigenvalue weighted by Crippen LogP contribution is -2.06. The van der Waals surface area contributed by atoms with Gasteiger partial charge in [-0.1, -0.05) is 17.7 Å². The molecule has 1 heterocycles. The summed E-state index contributed by atoms with van der Waals surface area (Å²) < 4.78 is 18.4. The molecule has 0 spiro atoms. The van der Waals surface area contributed by atoms with Gasteiger partial charge in [0.05, 0.1) is 5.56 Å². The minimum Gasteiger partial charge on any atom is -0.457 e. The van der Waals surface area contributed by atoms with Gasteiger partial charge in [-0.25, -0.2) is 14.2 Å². The topological polar surface area (TPSA) is 39.2 Å². The zero-order valence-corrected chi connectivity index (χ0v) is 11.9. The van der Waals surface area contributed by atoms with E-state index in [1.807, 2.05) is 0 Å². The summed E-state index contributed by atoms with van der Waals surface area (Å²) in [4.78, 5) is 15.7. The summed E-state index contributed by atoms with van der Waals surface area (Å²) in [5.41, 5.74) is 0.985. The minimum atomic E-state index is -0.540. The monoisotopic (exact) mass is 343 g/mol. The van der Waals surface area contributed by atoms with Crippen molar-refractivity contribution in [3.63, 3.8) is 0 Å². The maximum absolute atomic E-state index is 12.9. The fourth-order valence-corrected chi connectivity index (χ4v) is 2.00. The van der Waals surface area contributed by atoms with Crippen molar-refractivity contribution < 1.29 is 13.9 Å². The number of aromatic nitrogens is 1. The third kappa shape index (κ3) is 3.75. The van der Waals surface area contributed by atoms with Gasteiger partial charge in [-0.15, -0.1) is 0 Å². The first-order valence-corrected chi connectivity index (χ1v) is 6.46. The second-order valence-electron chi connectivity index (χ2n) is 3.69. The molecule has 0 radical (unpaired) electrons. The first-order chi connectivity index (χ1) is 9.06. The third-order valence-corrected chi connectivity index (χ3v) is 3.19. The van der Waals surface area contributed by atoms with E-state index in [-0.39, 0.29) is 12.2 Å². The number of rotatable bonds is 3. The van der Waals surface area contributed by atoms with Crippen LogP contribution in [0.5, 0.6) is 0 Å². The summed E-state index contributed by atoms with van der Waals surface area (Å²) in [6, 6.07) is 7.09. The molecule has 0 aliphatic heterocycles. The van der Waals surface area contributed by atoms with Crippen molar-refractivity contribution in [2.75, 3.05) is 0 Å². The van der Waals surface area contributed by atoms with Crippen LogP contribution in [0.4, 0.5) is 4.39 Å². The van der Waals surface area contributed by atoms with Gasteiger partial charge in [0.2, 0.25) is 0 Å². The van der Waals surface area contributed by atoms with Crippen LogP contribution in [0.1, 0.15) is 15.9 Å². The van der Waals surface area contributed by atoms with Gasteiger partial charge in [0.15, 0.2) is 0 Å². The van der Waals surface area contributed by atoms with Crippen LogP contribution in [-0.4, -0.2) is 11.0 Å². The summed E-state index contributed by atoms with van der Waals surface area (Å²) in [7, 11) is 0. The second-order valence-corrected chi connectivity index (χ2v) is 4.93. The SMILES string of the molecule is O=C(OCc1ccc(Cl)nc1)c1ccc(F)cc1Br. The van der Waals surface area contributed by atoms with E-state index in [9.17, 15) is 9.18 Å². The van der Waals surface area contributed by atoms with Crippen LogP contribution in [0, 0.1) is 5.82 Å². The Morgan fingerprint density at radius 3 is 2.79 bits per heavy atom. The van der Waals surface area contributed by atoms with E-state index in [2.05, 4.69) is 20.9 Å². The first-order valence-electron chi connectivity index (χ1n) is 5.29. The van der Waals surface area contributed by atoms with E-state index in [0.717, 1.165) is 5.56 Å². The Bertz CT molecular complexity index is 604. The number of nitrogens with zero attached hydrogens (tertiary/aromatic N) is 1. The van der Waals surface area contributed by atoms with Crippen molar-refractivity contribution >= 4 is 33.5 Å². The van der Waals surface area contributed by atoms with Crippen LogP contribution in [0.2, 0.25) is 5.15 Å². The third-order valence-electron chi connectivity index (χ3n) is 2.31. The van der Waals surface area contributed by atoms with Gasteiger partial charge in [-0.2, -0.15) is 0 Å². The number of pyridine rings is 1. The molecule has 19 heavy (non-hydrogen) atoms. The number of hydrogen-bond acceptors (Lipinski definition) is 3. The molecular formula is C13H8BrClFNO2. The predicted molar refractivity (Wildman–Crippen MR) is 72.5 cm³/mol. The summed E-state index contributed by atoms with van der Waals surface area (Å²) in [6.45, 7) is 0.0762. The molecule has 0 unspecified atom stereocenters. The van der Waals surface area contributed by atoms with Gasteiger partial charge in [0.1, 0.15) is 17.6 Å². The van der Waals surface area contributed by atoms with Crippen molar-refractivity contribution in [1.29, 1.82) is 0 Å². The van der Waals surface area contributed by atoms with Crippen molar-refractivity contribution in [2.24, 2.45) is 0 Å². The average Bonchev–Trinajstić information content (AvgIpc) is 2.37. The van der Waals surface area contributed by atoms with E-state index in [4.69, 9.17) is 16.3 Å². The molecule has 3 nitrogen and oxygen atoms in total. The quantitative estimate of drug-likeness (QED) is 0.624. The standard InChI is InChI=1S/C13H8BrClFNO2/c14-11-5-9(16)2-3-10(11)13(18)19-7-8-1-4-12(15)17-6-8/h1-6H,7H2. The summed E-state index contributed by atoms with van der Waals surface area (Å²) in [5.74, 6) is -0.966. The Morgan fingerprint density at radius 2 is 2.16 bits per heavy atom. The summed E-state index contributed by atoms with van der Waals surface area (Å²) in [5, 5.41) is 0.372. The second kappa shape index (κ2) is 6.12. The lowest BCUT2D eigenvalue weighted by atomic mass is 10.2. The summed E-state index contributed by atoms with van der Waals surface area (Å²) in [6.07, 6.45) is 1.52. The average molecular weight is 345 g/mol. The van der Waals surface area contributed by atoms with Crippen LogP contribution in [0.15, 0.2) is 41.0 Å². The van der Waals surface area contributed by atoms with E-state index in [0.29, 0.717) is 9.63 Å². The molecule has 0 saturated carbocycles. The lowest BCUT2D eigenvalue weighted by Gasteiger charge is -2.06. The fourth-order valence-electron chi connectivity index (χ4n) is 1.37. The number of halogens is 3. The van der Waals surface area contributed by atoms with Gasteiger partial charge in [0.25, 0.3) is 0 Å². The molecule has 2 aromatic rings. The molecular weight excluding hydrogens is 337 g/mol. The first kappa shape index (κ1) is 14.0. The molecule has 0 N–H and O–H groups in total. The number of carbonyl (C=O) groups is 1. The lowest BCUT2D eigenvalue weighted by molar-refractivity contribution is 0.0471. The molecule has 1 aromatic carbocycles. The number of esters is 1. The highest BCUT2D eigenvalue weighted by Crippen LogP contribution is 2.19. The van der Waals surface area contributed by atoms with E-state index in [1.54, 1.807) is 12.1 Å². The van der Waals surface area contributed by atoms with Crippen molar-refractivity contribution in [3.8, 4) is 0 Å². The van der Waals surface area contributed by atoms with Crippen LogP contribution in [-0.2, 0) is 11.3 Å². The maximum Gasteiger partial charge on any atom is 0.339 e. The molecule has 0 saturated heterocycles. The highest BCUT2D eigenvalue weighted by molar-refractivity contribution is 9.10. The number of carbonyl (C=O) groups excluding carboxylic acids is 1. The van der Waals surface area contributed by atoms with Crippen LogP contribution in [0.3, 0.4) is 0 Å². The number of hydrogen-bond donors (Lipinski definition) is 0. The molecule has 0 fully saturated rings. The fraction of sp³-hybridized carbons (Fsp3) is 0.0769. The Hall–Kier alpha value is -1.46. The highest BCUT2D eigenvalue weighted by atomic mass is 79.9. The Labute approximate surface area is 122 Å². The smallest absolute Gasteiger partial charge is 0.339 e. The van der Waals surface area contributed by atoms with Crippen molar-refractivity contribution in [1.82, 2.24) is 4.98 Å². The summed E-state index contributed by atoms with van der Waals surface area (Å²) >= 11 is 8.76. The highest BCUT2D eigenvalue weighted by Gasteiger charge is 2.12. The van der Waals surface area contributed by atoms with E-state index in [1.165, 1.54) is 24.4 Å². The minimum absolute atomic E-state index is 0.0762. The Kier molecular flexibility index (Phi) is 4.50. The van der Waals surface area contributed by atoms with Gasteiger partial charge in [0, 0.05) is 16.2 Å². The van der Waals surface area contributed by atoms with Crippen molar-refractivity contribution in [2.45, 2.75) is 6.61 Å². The predicted octanol–water partition coefficient (Wildman–Crippen LogP) is 3.99. The molecule has 0 amide bonds. The zero-order valence-electron chi connectivity index (χ0n) is 9.57. The normalized spacial score (nSPS) is 10.3.